The maximum atomic E-state index is 13.3. The average Bonchev–Trinajstić information content (AvgIpc) is 2.82. The fraction of sp³-hybridized carbons (Fsp3) is 0.308. The Bertz CT molecular complexity index is 1200. The Balaban J connectivity index is 1.99. The lowest BCUT2D eigenvalue weighted by atomic mass is 9.75. The van der Waals surface area contributed by atoms with Crippen LogP contribution >= 0.6 is 0 Å². The molecule has 0 spiro atoms. The molecule has 2 aliphatic rings. The zero-order valence-electron chi connectivity index (χ0n) is 19.3. The first kappa shape index (κ1) is 22.3. The van der Waals surface area contributed by atoms with Gasteiger partial charge in [0.05, 0.1) is 38.9 Å². The summed E-state index contributed by atoms with van der Waals surface area (Å²) in [6, 6.07) is 13.7. The molecule has 4 rings (SSSR count). The van der Waals surface area contributed by atoms with E-state index >= 15 is 0 Å². The Labute approximate surface area is 193 Å². The van der Waals surface area contributed by atoms with Gasteiger partial charge in [-0.15, -0.1) is 0 Å². The summed E-state index contributed by atoms with van der Waals surface area (Å²) in [5, 5.41) is 10.2. The normalized spacial score (nSPS) is 18.1. The Morgan fingerprint density at radius 1 is 1.06 bits per heavy atom. The third-order valence-corrected chi connectivity index (χ3v) is 6.19. The van der Waals surface area contributed by atoms with Gasteiger partial charge in [0, 0.05) is 23.4 Å². The minimum Gasteiger partial charge on any atom is -0.493 e. The van der Waals surface area contributed by atoms with Crippen molar-refractivity contribution in [2.24, 2.45) is 5.73 Å². The Morgan fingerprint density at radius 3 is 2.33 bits per heavy atom. The van der Waals surface area contributed by atoms with Gasteiger partial charge in [-0.25, -0.2) is 0 Å². The smallest absolute Gasteiger partial charge is 0.203 e. The molecule has 7 heteroatoms. The molecule has 0 amide bonds. The van der Waals surface area contributed by atoms with E-state index < -0.39 is 5.92 Å². The molecule has 0 saturated carbocycles. The van der Waals surface area contributed by atoms with Gasteiger partial charge in [0.1, 0.15) is 5.82 Å². The number of nitrogens with two attached hydrogens (primary N) is 1. The van der Waals surface area contributed by atoms with Gasteiger partial charge in [0.2, 0.25) is 5.75 Å². The van der Waals surface area contributed by atoms with Crippen LogP contribution in [0.1, 0.15) is 36.3 Å². The fourth-order valence-corrected chi connectivity index (χ4v) is 4.75. The number of hydrogen-bond donors (Lipinski definition) is 1. The van der Waals surface area contributed by atoms with Gasteiger partial charge < -0.3 is 19.9 Å². The number of carbonyl (C=O) groups excluding carboxylic acids is 1. The molecule has 0 bridgehead atoms. The van der Waals surface area contributed by atoms with Crippen molar-refractivity contribution in [3.05, 3.63) is 70.2 Å². The number of ketones is 1. The van der Waals surface area contributed by atoms with Crippen molar-refractivity contribution in [3.63, 3.8) is 0 Å². The summed E-state index contributed by atoms with van der Waals surface area (Å²) in [6.45, 7) is 2.00. The summed E-state index contributed by atoms with van der Waals surface area (Å²) >= 11 is 0. The number of hydrogen-bond acceptors (Lipinski definition) is 7. The molecule has 1 heterocycles. The highest BCUT2D eigenvalue weighted by Crippen LogP contribution is 2.49. The minimum atomic E-state index is -0.618. The molecule has 0 saturated heterocycles. The molecule has 0 radical (unpaired) electrons. The van der Waals surface area contributed by atoms with E-state index in [1.807, 2.05) is 36.1 Å². The van der Waals surface area contributed by atoms with Crippen LogP contribution in [0.3, 0.4) is 0 Å². The Kier molecular flexibility index (Phi) is 6.01. The summed E-state index contributed by atoms with van der Waals surface area (Å²) in [7, 11) is 4.60. The topological polar surface area (TPSA) is 97.8 Å². The van der Waals surface area contributed by atoms with E-state index in [0.29, 0.717) is 52.6 Å². The standard InChI is InChI=1S/C26H27N3O4/c1-15-7-5-8-17(11-15)29-19-9-6-10-20(30)24(19)23(18(14-27)26(29)28)16-12-21(31-2)25(33-4)22(13-16)32-3/h5,7-8,11-13,23H,6,9-10,28H2,1-4H3/t23-/m1/s1. The van der Waals surface area contributed by atoms with Gasteiger partial charge >= 0.3 is 0 Å². The summed E-state index contributed by atoms with van der Waals surface area (Å²) in [5.74, 6) is 1.08. The number of ether oxygens (including phenoxy) is 3. The van der Waals surface area contributed by atoms with Crippen LogP contribution in [0.4, 0.5) is 5.69 Å². The second kappa shape index (κ2) is 8.91. The lowest BCUT2D eigenvalue weighted by Gasteiger charge is -2.39. The molecule has 0 fully saturated rings. The molecule has 2 aromatic carbocycles. The molecule has 0 unspecified atom stereocenters. The largest absolute Gasteiger partial charge is 0.493 e. The van der Waals surface area contributed by atoms with Crippen molar-refractivity contribution in [1.82, 2.24) is 0 Å². The van der Waals surface area contributed by atoms with Gasteiger partial charge in [-0.2, -0.15) is 5.26 Å². The number of nitrogens with zero attached hydrogens (tertiary/aromatic N) is 2. The molecule has 2 N–H and O–H groups in total. The molecule has 170 valence electrons. The van der Waals surface area contributed by atoms with Crippen LogP contribution in [0, 0.1) is 18.3 Å². The van der Waals surface area contributed by atoms with E-state index in [4.69, 9.17) is 19.9 Å². The van der Waals surface area contributed by atoms with Crippen molar-refractivity contribution in [1.29, 1.82) is 5.26 Å². The first-order chi connectivity index (χ1) is 15.9. The zero-order valence-corrected chi connectivity index (χ0v) is 19.3. The number of carbonyl (C=O) groups is 1. The van der Waals surface area contributed by atoms with Crippen molar-refractivity contribution < 1.29 is 19.0 Å². The maximum Gasteiger partial charge on any atom is 0.203 e. The first-order valence-electron chi connectivity index (χ1n) is 10.8. The van der Waals surface area contributed by atoms with Crippen LogP contribution in [-0.4, -0.2) is 27.1 Å². The van der Waals surface area contributed by atoms with Gasteiger partial charge in [-0.1, -0.05) is 12.1 Å². The fourth-order valence-electron chi connectivity index (χ4n) is 4.75. The molecule has 1 aliphatic heterocycles. The third kappa shape index (κ3) is 3.68. The van der Waals surface area contributed by atoms with Crippen molar-refractivity contribution in [2.45, 2.75) is 32.1 Å². The second-order valence-electron chi connectivity index (χ2n) is 8.11. The van der Waals surface area contributed by atoms with E-state index in [0.717, 1.165) is 23.4 Å². The summed E-state index contributed by atoms with van der Waals surface area (Å²) in [5.41, 5.74) is 11.0. The summed E-state index contributed by atoms with van der Waals surface area (Å²) in [4.78, 5) is 15.2. The summed E-state index contributed by atoms with van der Waals surface area (Å²) in [6.07, 6.45) is 1.85. The van der Waals surface area contributed by atoms with E-state index in [2.05, 4.69) is 6.07 Å². The lowest BCUT2D eigenvalue weighted by molar-refractivity contribution is -0.116. The molecule has 7 nitrogen and oxygen atoms in total. The van der Waals surface area contributed by atoms with E-state index in [1.54, 1.807) is 12.1 Å². The number of anilines is 1. The highest BCUT2D eigenvalue weighted by Gasteiger charge is 2.41. The van der Waals surface area contributed by atoms with Crippen LogP contribution in [0.15, 0.2) is 59.1 Å². The zero-order chi connectivity index (χ0) is 23.7. The predicted octanol–water partition coefficient (Wildman–Crippen LogP) is 4.33. The molecular formula is C26H27N3O4. The Hall–Kier alpha value is -3.92. The number of allylic oxidation sites excluding steroid dienone is 3. The van der Waals surface area contributed by atoms with Gasteiger partial charge in [-0.3, -0.25) is 9.69 Å². The third-order valence-electron chi connectivity index (χ3n) is 6.19. The monoisotopic (exact) mass is 445 g/mol. The van der Waals surface area contributed by atoms with Gasteiger partial charge in [0.25, 0.3) is 0 Å². The quantitative estimate of drug-likeness (QED) is 0.732. The highest BCUT2D eigenvalue weighted by atomic mass is 16.5. The van der Waals surface area contributed by atoms with Crippen LogP contribution in [0.5, 0.6) is 17.2 Å². The van der Waals surface area contributed by atoms with Crippen LogP contribution in [-0.2, 0) is 4.79 Å². The summed E-state index contributed by atoms with van der Waals surface area (Å²) < 4.78 is 16.5. The number of benzene rings is 2. The van der Waals surface area contributed by atoms with E-state index in [-0.39, 0.29) is 5.78 Å². The van der Waals surface area contributed by atoms with Crippen molar-refractivity contribution in [2.75, 3.05) is 26.2 Å². The van der Waals surface area contributed by atoms with Gasteiger partial charge in [-0.05, 0) is 55.2 Å². The first-order valence-corrected chi connectivity index (χ1v) is 10.8. The Morgan fingerprint density at radius 2 is 1.76 bits per heavy atom. The number of rotatable bonds is 5. The van der Waals surface area contributed by atoms with E-state index in [1.165, 1.54) is 21.3 Å². The van der Waals surface area contributed by atoms with Crippen LogP contribution in [0.25, 0.3) is 0 Å². The minimum absolute atomic E-state index is 0.0212. The van der Waals surface area contributed by atoms with Crippen molar-refractivity contribution >= 4 is 11.5 Å². The lowest BCUT2D eigenvalue weighted by Crippen LogP contribution is -2.38. The van der Waals surface area contributed by atoms with Crippen LogP contribution in [0.2, 0.25) is 0 Å². The number of Topliss-reactive ketones (excluding diaryl/α,β-unsaturated/α-hetero) is 1. The molecular weight excluding hydrogens is 418 g/mol. The second-order valence-corrected chi connectivity index (χ2v) is 8.11. The molecule has 0 aromatic heterocycles. The number of aryl methyl sites for hydroxylation is 1. The maximum absolute atomic E-state index is 13.3. The van der Waals surface area contributed by atoms with Gasteiger partial charge in [0.15, 0.2) is 17.3 Å². The SMILES string of the molecule is COc1cc([C@@H]2C(C#N)=C(N)N(c3cccc(C)c3)C3=C2C(=O)CCC3)cc(OC)c1OC. The van der Waals surface area contributed by atoms with Crippen LogP contribution < -0.4 is 24.8 Å². The molecule has 1 atom stereocenters. The number of nitriles is 1. The molecule has 1 aliphatic carbocycles. The molecule has 33 heavy (non-hydrogen) atoms. The van der Waals surface area contributed by atoms with E-state index in [9.17, 15) is 10.1 Å². The van der Waals surface area contributed by atoms with Crippen molar-refractivity contribution in [3.8, 4) is 23.3 Å². The molecule has 2 aromatic rings. The predicted molar refractivity (Wildman–Crippen MR) is 125 cm³/mol. The average molecular weight is 446 g/mol. The number of methoxy groups -OCH3 is 3. The highest BCUT2D eigenvalue weighted by molar-refractivity contribution is 6.01.